The van der Waals surface area contributed by atoms with Gasteiger partial charge in [0.2, 0.25) is 5.91 Å². The van der Waals surface area contributed by atoms with Gasteiger partial charge in [0, 0.05) is 31.9 Å². The summed E-state index contributed by atoms with van der Waals surface area (Å²) in [5, 5.41) is 0. The van der Waals surface area contributed by atoms with Crippen LogP contribution in [0.5, 0.6) is 0 Å². The second-order valence-corrected chi connectivity index (χ2v) is 7.75. The van der Waals surface area contributed by atoms with E-state index >= 15 is 0 Å². The Morgan fingerprint density at radius 3 is 2.47 bits per heavy atom. The Labute approximate surface area is 173 Å². The molecule has 2 fully saturated rings. The molecule has 10 heteroatoms. The maximum Gasteiger partial charge on any atom is 0.416 e. The lowest BCUT2D eigenvalue weighted by molar-refractivity contribution is -0.137. The number of carbonyl (C=O) groups is 2. The number of amides is 2. The monoisotopic (exact) mass is 428 g/mol. The standard InChI is InChI=1S/C20H27F3N4O3/c1-30-19(29)26-8-9-27(16(13-26)12-25-6-2-3-7-25)18(28)10-14-4-5-15(11-17(14)24)20(21,22)23/h4-5,11,16H,2-3,6-10,12-13,24H2,1H3. The van der Waals surface area contributed by atoms with Crippen LogP contribution < -0.4 is 5.73 Å². The summed E-state index contributed by atoms with van der Waals surface area (Å²) in [5.74, 6) is -0.213. The Kier molecular flexibility index (Phi) is 6.74. The van der Waals surface area contributed by atoms with E-state index in [1.807, 2.05) is 0 Å². The maximum absolute atomic E-state index is 13.0. The van der Waals surface area contributed by atoms with Gasteiger partial charge in [0.25, 0.3) is 0 Å². The second-order valence-electron chi connectivity index (χ2n) is 7.75. The van der Waals surface area contributed by atoms with Crippen LogP contribution in [0.3, 0.4) is 0 Å². The molecule has 1 atom stereocenters. The number of rotatable bonds is 4. The van der Waals surface area contributed by atoms with Gasteiger partial charge in [-0.25, -0.2) is 4.79 Å². The van der Waals surface area contributed by atoms with Crippen LogP contribution >= 0.6 is 0 Å². The molecule has 0 radical (unpaired) electrons. The molecule has 7 nitrogen and oxygen atoms in total. The van der Waals surface area contributed by atoms with Gasteiger partial charge in [-0.2, -0.15) is 13.2 Å². The summed E-state index contributed by atoms with van der Waals surface area (Å²) in [6.45, 7) is 3.58. The number of halogens is 3. The van der Waals surface area contributed by atoms with Crippen molar-refractivity contribution in [2.24, 2.45) is 0 Å². The Morgan fingerprint density at radius 1 is 1.17 bits per heavy atom. The van der Waals surface area contributed by atoms with Crippen LogP contribution in [-0.2, 0) is 22.1 Å². The van der Waals surface area contributed by atoms with E-state index in [-0.39, 0.29) is 24.1 Å². The maximum atomic E-state index is 13.0. The lowest BCUT2D eigenvalue weighted by Crippen LogP contribution is -2.59. The Balaban J connectivity index is 1.72. The third kappa shape index (κ3) is 5.16. The van der Waals surface area contributed by atoms with E-state index in [0.29, 0.717) is 31.7 Å². The molecule has 3 rings (SSSR count). The topological polar surface area (TPSA) is 79.1 Å². The predicted octanol–water partition coefficient (Wildman–Crippen LogP) is 2.21. The molecule has 0 spiro atoms. The van der Waals surface area contributed by atoms with Crippen molar-refractivity contribution >= 4 is 17.7 Å². The molecule has 1 aromatic rings. The minimum atomic E-state index is -4.48. The van der Waals surface area contributed by atoms with E-state index in [4.69, 9.17) is 10.5 Å². The average molecular weight is 428 g/mol. The van der Waals surface area contributed by atoms with Crippen molar-refractivity contribution in [3.05, 3.63) is 29.3 Å². The van der Waals surface area contributed by atoms with Crippen molar-refractivity contribution in [2.75, 3.05) is 52.1 Å². The summed E-state index contributed by atoms with van der Waals surface area (Å²) in [6.07, 6.45) is -2.80. The molecule has 1 aromatic carbocycles. The molecule has 0 aliphatic carbocycles. The second kappa shape index (κ2) is 9.11. The molecule has 166 valence electrons. The van der Waals surface area contributed by atoms with Crippen molar-refractivity contribution in [1.29, 1.82) is 0 Å². The van der Waals surface area contributed by atoms with E-state index < -0.39 is 17.8 Å². The van der Waals surface area contributed by atoms with E-state index in [9.17, 15) is 22.8 Å². The first-order valence-corrected chi connectivity index (χ1v) is 9.99. The van der Waals surface area contributed by atoms with Crippen molar-refractivity contribution in [2.45, 2.75) is 31.5 Å². The number of ether oxygens (including phenoxy) is 1. The van der Waals surface area contributed by atoms with Crippen LogP contribution in [0.15, 0.2) is 18.2 Å². The van der Waals surface area contributed by atoms with Gasteiger partial charge in [-0.3, -0.25) is 4.79 Å². The summed E-state index contributed by atoms with van der Waals surface area (Å²) in [5.41, 5.74) is 5.27. The van der Waals surface area contributed by atoms with Gasteiger partial charge in [-0.1, -0.05) is 6.07 Å². The number of methoxy groups -OCH3 is 1. The normalized spacial score (nSPS) is 20.5. The Bertz CT molecular complexity index is 781. The first-order chi connectivity index (χ1) is 14.2. The third-order valence-corrected chi connectivity index (χ3v) is 5.72. The molecule has 0 bridgehead atoms. The molecule has 2 saturated heterocycles. The van der Waals surface area contributed by atoms with Crippen molar-refractivity contribution in [3.63, 3.8) is 0 Å². The molecule has 0 aromatic heterocycles. The zero-order chi connectivity index (χ0) is 21.9. The van der Waals surface area contributed by atoms with Gasteiger partial charge in [-0.15, -0.1) is 0 Å². The molecule has 30 heavy (non-hydrogen) atoms. The van der Waals surface area contributed by atoms with Gasteiger partial charge in [0.1, 0.15) is 0 Å². The first kappa shape index (κ1) is 22.2. The van der Waals surface area contributed by atoms with Gasteiger partial charge in [-0.05, 0) is 43.6 Å². The summed E-state index contributed by atoms with van der Waals surface area (Å²) in [6, 6.07) is 2.85. The molecule has 2 aliphatic rings. The fraction of sp³-hybridized carbons (Fsp3) is 0.600. The zero-order valence-corrected chi connectivity index (χ0v) is 17.0. The molecular formula is C20H27F3N4O3. The number of piperazine rings is 1. The lowest BCUT2D eigenvalue weighted by atomic mass is 10.0. The smallest absolute Gasteiger partial charge is 0.416 e. The highest BCUT2D eigenvalue weighted by molar-refractivity contribution is 5.81. The summed E-state index contributed by atoms with van der Waals surface area (Å²) in [4.78, 5) is 30.5. The molecule has 0 saturated carbocycles. The predicted molar refractivity (Wildman–Crippen MR) is 105 cm³/mol. The third-order valence-electron chi connectivity index (χ3n) is 5.72. The number of alkyl halides is 3. The van der Waals surface area contributed by atoms with Gasteiger partial charge in [0.15, 0.2) is 0 Å². The quantitative estimate of drug-likeness (QED) is 0.744. The highest BCUT2D eigenvalue weighted by Gasteiger charge is 2.35. The number of likely N-dealkylation sites (tertiary alicyclic amines) is 1. The van der Waals surface area contributed by atoms with Gasteiger partial charge in [0.05, 0.1) is 25.1 Å². The van der Waals surface area contributed by atoms with Crippen LogP contribution in [0.4, 0.5) is 23.7 Å². The van der Waals surface area contributed by atoms with E-state index in [0.717, 1.165) is 38.1 Å². The molecule has 2 N–H and O–H groups in total. The SMILES string of the molecule is COC(=O)N1CCN(C(=O)Cc2ccc(C(F)(F)F)cc2N)C(CN2CCCC2)C1. The largest absolute Gasteiger partial charge is 0.453 e. The molecule has 2 amide bonds. The van der Waals surface area contributed by atoms with Crippen LogP contribution in [0.25, 0.3) is 0 Å². The van der Waals surface area contributed by atoms with E-state index in [1.165, 1.54) is 13.2 Å². The van der Waals surface area contributed by atoms with Gasteiger partial charge < -0.3 is 25.2 Å². The molecule has 2 heterocycles. The fourth-order valence-electron chi connectivity index (χ4n) is 4.09. The summed E-state index contributed by atoms with van der Waals surface area (Å²) < 4.78 is 43.4. The summed E-state index contributed by atoms with van der Waals surface area (Å²) >= 11 is 0. The number of anilines is 1. The van der Waals surface area contributed by atoms with Crippen LogP contribution in [0.1, 0.15) is 24.0 Å². The van der Waals surface area contributed by atoms with Crippen LogP contribution in [-0.4, -0.2) is 79.1 Å². The van der Waals surface area contributed by atoms with Crippen LogP contribution in [0.2, 0.25) is 0 Å². The number of hydrogen-bond acceptors (Lipinski definition) is 5. The Hall–Kier alpha value is -2.49. The lowest BCUT2D eigenvalue weighted by Gasteiger charge is -2.42. The van der Waals surface area contributed by atoms with Gasteiger partial charge >= 0.3 is 12.3 Å². The molecule has 1 unspecified atom stereocenters. The van der Waals surface area contributed by atoms with Crippen LogP contribution in [0, 0.1) is 0 Å². The fourth-order valence-corrected chi connectivity index (χ4v) is 4.09. The number of nitrogens with zero attached hydrogens (tertiary/aromatic N) is 3. The highest BCUT2D eigenvalue weighted by atomic mass is 19.4. The molecule has 2 aliphatic heterocycles. The van der Waals surface area contributed by atoms with Crippen molar-refractivity contribution in [3.8, 4) is 0 Å². The number of carbonyl (C=O) groups excluding carboxylic acids is 2. The van der Waals surface area contributed by atoms with E-state index in [2.05, 4.69) is 4.90 Å². The Morgan fingerprint density at radius 2 is 1.87 bits per heavy atom. The summed E-state index contributed by atoms with van der Waals surface area (Å²) in [7, 11) is 1.32. The van der Waals surface area contributed by atoms with Crippen molar-refractivity contribution < 1.29 is 27.5 Å². The minimum absolute atomic E-state index is 0.0533. The zero-order valence-electron chi connectivity index (χ0n) is 17.0. The molecular weight excluding hydrogens is 401 g/mol. The highest BCUT2D eigenvalue weighted by Crippen LogP contribution is 2.31. The van der Waals surface area contributed by atoms with Crippen molar-refractivity contribution in [1.82, 2.24) is 14.7 Å². The minimum Gasteiger partial charge on any atom is -0.453 e. The number of nitrogens with two attached hydrogens (primary N) is 1. The average Bonchev–Trinajstić information content (AvgIpc) is 3.21. The number of hydrogen-bond donors (Lipinski definition) is 1. The van der Waals surface area contributed by atoms with E-state index in [1.54, 1.807) is 9.80 Å². The number of nitrogen functional groups attached to an aromatic ring is 1. The number of benzene rings is 1. The first-order valence-electron chi connectivity index (χ1n) is 9.99.